The van der Waals surface area contributed by atoms with E-state index in [1.165, 1.54) is 24.0 Å². The van der Waals surface area contributed by atoms with E-state index in [2.05, 4.69) is 44.3 Å². The van der Waals surface area contributed by atoms with Gasteiger partial charge in [-0.2, -0.15) is 0 Å². The lowest BCUT2D eigenvalue weighted by Gasteiger charge is -2.41. The van der Waals surface area contributed by atoms with E-state index in [-0.39, 0.29) is 5.41 Å². The van der Waals surface area contributed by atoms with Crippen LogP contribution in [-0.2, 0) is 11.8 Å². The Hall–Kier alpha value is -1.02. The molecule has 100 valence electrons. The van der Waals surface area contributed by atoms with Gasteiger partial charge in [-0.1, -0.05) is 32.9 Å². The van der Waals surface area contributed by atoms with Gasteiger partial charge in [0.1, 0.15) is 5.75 Å². The van der Waals surface area contributed by atoms with Crippen molar-refractivity contribution in [1.29, 1.82) is 0 Å². The number of nitrogens with one attached hydrogen (secondary N) is 1. The van der Waals surface area contributed by atoms with Crippen LogP contribution in [-0.4, -0.2) is 19.7 Å². The molecule has 0 saturated heterocycles. The highest BCUT2D eigenvalue weighted by atomic mass is 16.5. The van der Waals surface area contributed by atoms with Crippen molar-refractivity contribution in [3.63, 3.8) is 0 Å². The maximum atomic E-state index is 5.50. The summed E-state index contributed by atoms with van der Waals surface area (Å²) in [4.78, 5) is 0. The van der Waals surface area contributed by atoms with E-state index in [0.29, 0.717) is 6.04 Å². The number of fused-ring (bicyclic) bond motifs is 1. The van der Waals surface area contributed by atoms with Crippen LogP contribution in [0.3, 0.4) is 0 Å². The lowest BCUT2D eigenvalue weighted by molar-refractivity contribution is 0.298. The highest BCUT2D eigenvalue weighted by Gasteiger charge is 2.37. The van der Waals surface area contributed by atoms with Crippen LogP contribution in [0, 0.1) is 0 Å². The van der Waals surface area contributed by atoms with Crippen LogP contribution < -0.4 is 10.1 Å². The fourth-order valence-electron chi connectivity index (χ4n) is 3.13. The van der Waals surface area contributed by atoms with Crippen LogP contribution in [0.2, 0.25) is 0 Å². The van der Waals surface area contributed by atoms with E-state index in [1.54, 1.807) is 7.11 Å². The van der Waals surface area contributed by atoms with Crippen LogP contribution in [0.1, 0.15) is 44.7 Å². The first-order valence-corrected chi connectivity index (χ1v) is 7.01. The van der Waals surface area contributed by atoms with Crippen LogP contribution in [0.4, 0.5) is 0 Å². The first-order chi connectivity index (χ1) is 8.61. The highest BCUT2D eigenvalue weighted by Crippen LogP contribution is 2.40. The molecule has 2 nitrogen and oxygen atoms in total. The Bertz CT molecular complexity index is 412. The highest BCUT2D eigenvalue weighted by molar-refractivity contribution is 5.46. The lowest BCUT2D eigenvalue weighted by Crippen LogP contribution is -2.48. The molecule has 0 fully saturated rings. The first-order valence-electron chi connectivity index (χ1n) is 7.01. The lowest BCUT2D eigenvalue weighted by atomic mass is 9.69. The Morgan fingerprint density at radius 1 is 1.39 bits per heavy atom. The first kappa shape index (κ1) is 13.4. The van der Waals surface area contributed by atoms with Gasteiger partial charge in [-0.15, -0.1) is 0 Å². The van der Waals surface area contributed by atoms with Gasteiger partial charge in [0, 0.05) is 11.5 Å². The van der Waals surface area contributed by atoms with Crippen molar-refractivity contribution in [2.75, 3.05) is 13.7 Å². The van der Waals surface area contributed by atoms with Crippen LogP contribution in [0.15, 0.2) is 18.2 Å². The zero-order valence-corrected chi connectivity index (χ0v) is 12.0. The average Bonchev–Trinajstić information content (AvgIpc) is 2.37. The molecule has 0 amide bonds. The molecular weight excluding hydrogens is 222 g/mol. The minimum absolute atomic E-state index is 0.178. The molecule has 0 unspecified atom stereocenters. The quantitative estimate of drug-likeness (QED) is 0.881. The number of ether oxygens (including phenoxy) is 1. The summed E-state index contributed by atoms with van der Waals surface area (Å²) in [6.45, 7) is 8.02. The average molecular weight is 247 g/mol. The molecule has 1 atom stereocenters. The Kier molecular flexibility index (Phi) is 3.96. The third-order valence-electron chi connectivity index (χ3n) is 4.24. The van der Waals surface area contributed by atoms with Gasteiger partial charge in [0.2, 0.25) is 0 Å². The monoisotopic (exact) mass is 247 g/mol. The topological polar surface area (TPSA) is 21.3 Å². The fourth-order valence-corrected chi connectivity index (χ4v) is 3.13. The molecule has 2 heteroatoms. The summed E-state index contributed by atoms with van der Waals surface area (Å²) in [7, 11) is 1.77. The molecule has 0 aliphatic heterocycles. The van der Waals surface area contributed by atoms with E-state index in [0.717, 1.165) is 18.7 Å². The molecule has 1 aliphatic carbocycles. The van der Waals surface area contributed by atoms with Crippen LogP contribution in [0.25, 0.3) is 0 Å². The minimum Gasteiger partial charge on any atom is -0.496 e. The summed E-state index contributed by atoms with van der Waals surface area (Å²) < 4.78 is 5.50. The maximum Gasteiger partial charge on any atom is 0.122 e. The van der Waals surface area contributed by atoms with Gasteiger partial charge < -0.3 is 10.1 Å². The summed E-state index contributed by atoms with van der Waals surface area (Å²) in [6.07, 6.45) is 3.50. The van der Waals surface area contributed by atoms with Gasteiger partial charge in [-0.05, 0) is 43.0 Å². The van der Waals surface area contributed by atoms with E-state index in [4.69, 9.17) is 4.74 Å². The molecule has 1 aliphatic rings. The molecule has 1 N–H and O–H groups in total. The summed E-state index contributed by atoms with van der Waals surface area (Å²) in [5.41, 5.74) is 3.03. The molecule has 1 aromatic rings. The molecule has 0 saturated carbocycles. The third-order valence-corrected chi connectivity index (χ3v) is 4.24. The number of hydrogen-bond acceptors (Lipinski definition) is 2. The number of methoxy groups -OCH3 is 1. The molecular formula is C16H25NO. The van der Waals surface area contributed by atoms with Crippen molar-refractivity contribution in [2.24, 2.45) is 0 Å². The Morgan fingerprint density at radius 3 is 2.83 bits per heavy atom. The molecule has 18 heavy (non-hydrogen) atoms. The summed E-state index contributed by atoms with van der Waals surface area (Å²) in [5, 5.41) is 3.70. The summed E-state index contributed by atoms with van der Waals surface area (Å²) in [6, 6.07) is 7.02. The van der Waals surface area contributed by atoms with E-state index in [1.807, 2.05) is 0 Å². The van der Waals surface area contributed by atoms with Gasteiger partial charge in [0.15, 0.2) is 0 Å². The third kappa shape index (κ3) is 2.26. The van der Waals surface area contributed by atoms with Crippen molar-refractivity contribution >= 4 is 0 Å². The summed E-state index contributed by atoms with van der Waals surface area (Å²) >= 11 is 0. The Morgan fingerprint density at radius 2 is 2.17 bits per heavy atom. The zero-order valence-electron chi connectivity index (χ0n) is 12.0. The van der Waals surface area contributed by atoms with E-state index >= 15 is 0 Å². The molecule has 0 bridgehead atoms. The SMILES string of the molecule is CCCN[C@H]1CCc2c(OC)cccc2C1(C)C. The summed E-state index contributed by atoms with van der Waals surface area (Å²) in [5.74, 6) is 1.05. The van der Waals surface area contributed by atoms with Crippen molar-refractivity contribution in [3.05, 3.63) is 29.3 Å². The van der Waals surface area contributed by atoms with Gasteiger partial charge in [-0.25, -0.2) is 0 Å². The van der Waals surface area contributed by atoms with Crippen LogP contribution >= 0.6 is 0 Å². The molecule has 2 rings (SSSR count). The van der Waals surface area contributed by atoms with Gasteiger partial charge in [0.25, 0.3) is 0 Å². The standard InChI is InChI=1S/C16H25NO/c1-5-11-17-15-10-9-12-13(16(15,2)3)7-6-8-14(12)18-4/h6-8,15,17H,5,9-11H2,1-4H3/t15-/m0/s1. The fraction of sp³-hybridized carbons (Fsp3) is 0.625. The molecule has 1 aromatic carbocycles. The zero-order chi connectivity index (χ0) is 13.2. The second kappa shape index (κ2) is 5.31. The number of hydrogen-bond donors (Lipinski definition) is 1. The van der Waals surface area contributed by atoms with Crippen molar-refractivity contribution in [3.8, 4) is 5.75 Å². The van der Waals surface area contributed by atoms with Crippen LogP contribution in [0.5, 0.6) is 5.75 Å². The molecule has 0 heterocycles. The van der Waals surface area contributed by atoms with Gasteiger partial charge in [-0.3, -0.25) is 0 Å². The second-order valence-electron chi connectivity index (χ2n) is 5.75. The van der Waals surface area contributed by atoms with E-state index in [9.17, 15) is 0 Å². The number of rotatable bonds is 4. The second-order valence-corrected chi connectivity index (χ2v) is 5.75. The molecule has 0 spiro atoms. The smallest absolute Gasteiger partial charge is 0.122 e. The maximum absolute atomic E-state index is 5.50. The predicted molar refractivity (Wildman–Crippen MR) is 76.4 cm³/mol. The largest absolute Gasteiger partial charge is 0.496 e. The van der Waals surface area contributed by atoms with Crippen molar-refractivity contribution in [2.45, 2.75) is 51.5 Å². The molecule has 0 radical (unpaired) electrons. The minimum atomic E-state index is 0.178. The van der Waals surface area contributed by atoms with Crippen molar-refractivity contribution in [1.82, 2.24) is 5.32 Å². The normalized spacial score (nSPS) is 21.4. The number of benzene rings is 1. The predicted octanol–water partition coefficient (Wildman–Crippen LogP) is 3.29. The molecule has 0 aromatic heterocycles. The van der Waals surface area contributed by atoms with E-state index < -0.39 is 0 Å². The van der Waals surface area contributed by atoms with Gasteiger partial charge in [0.05, 0.1) is 7.11 Å². The van der Waals surface area contributed by atoms with Crippen molar-refractivity contribution < 1.29 is 4.74 Å². The Labute approximate surface area is 111 Å². The Balaban J connectivity index is 2.33. The van der Waals surface area contributed by atoms with Gasteiger partial charge >= 0.3 is 0 Å².